The first-order valence-corrected chi connectivity index (χ1v) is 7.64. The van der Waals surface area contributed by atoms with Crippen molar-refractivity contribution in [3.05, 3.63) is 28.8 Å². The van der Waals surface area contributed by atoms with Crippen molar-refractivity contribution >= 4 is 11.6 Å². The van der Waals surface area contributed by atoms with Gasteiger partial charge in [0.25, 0.3) is 0 Å². The smallest absolute Gasteiger partial charge is 0.138 e. The van der Waals surface area contributed by atoms with E-state index in [9.17, 15) is 0 Å². The largest absolute Gasteiger partial charge is 0.492 e. The van der Waals surface area contributed by atoms with Gasteiger partial charge in [-0.25, -0.2) is 0 Å². The number of hydrogen-bond donors (Lipinski definition) is 0. The molecule has 2 rings (SSSR count). The van der Waals surface area contributed by atoms with Crippen LogP contribution in [0.3, 0.4) is 0 Å². The van der Waals surface area contributed by atoms with Crippen LogP contribution in [-0.4, -0.2) is 31.1 Å². The Hall–Kier alpha value is -0.730. The molecule has 1 aliphatic rings. The van der Waals surface area contributed by atoms with Crippen LogP contribution in [0.1, 0.15) is 31.7 Å². The van der Waals surface area contributed by atoms with Crippen LogP contribution in [0.4, 0.5) is 0 Å². The summed E-state index contributed by atoms with van der Waals surface area (Å²) in [6, 6.07) is 5.91. The molecule has 0 saturated carbocycles. The van der Waals surface area contributed by atoms with Gasteiger partial charge >= 0.3 is 0 Å². The molecule has 0 N–H and O–H groups in total. The zero-order chi connectivity index (χ0) is 13.7. The first-order valence-electron chi connectivity index (χ1n) is 7.26. The molecule has 1 saturated heterocycles. The van der Waals surface area contributed by atoms with Gasteiger partial charge in [0.15, 0.2) is 0 Å². The van der Waals surface area contributed by atoms with Crippen LogP contribution in [0.2, 0.25) is 5.02 Å². The quantitative estimate of drug-likeness (QED) is 0.752. The van der Waals surface area contributed by atoms with Crippen molar-refractivity contribution in [3.8, 4) is 5.75 Å². The van der Waals surface area contributed by atoms with Crippen molar-refractivity contribution < 1.29 is 4.74 Å². The van der Waals surface area contributed by atoms with Gasteiger partial charge in [-0.1, -0.05) is 24.6 Å². The van der Waals surface area contributed by atoms with E-state index in [1.165, 1.54) is 31.5 Å². The molecule has 0 spiro atoms. The molecule has 19 heavy (non-hydrogen) atoms. The average molecular weight is 282 g/mol. The van der Waals surface area contributed by atoms with Gasteiger partial charge in [0, 0.05) is 13.1 Å². The SMILES string of the molecule is Cc1ccc(Cl)c(OCCCN2CCC[C@H](C)C2)c1. The highest BCUT2D eigenvalue weighted by Gasteiger charge is 2.15. The van der Waals surface area contributed by atoms with Gasteiger partial charge < -0.3 is 9.64 Å². The molecule has 0 amide bonds. The van der Waals surface area contributed by atoms with Crippen molar-refractivity contribution in [3.63, 3.8) is 0 Å². The maximum Gasteiger partial charge on any atom is 0.138 e. The number of rotatable bonds is 5. The van der Waals surface area contributed by atoms with Crippen LogP contribution in [0.25, 0.3) is 0 Å². The molecule has 1 aromatic carbocycles. The molecule has 1 heterocycles. The second-order valence-electron chi connectivity index (χ2n) is 5.68. The highest BCUT2D eigenvalue weighted by Crippen LogP contribution is 2.25. The Morgan fingerprint density at radius 1 is 1.42 bits per heavy atom. The molecule has 0 aromatic heterocycles. The van der Waals surface area contributed by atoms with Crippen LogP contribution >= 0.6 is 11.6 Å². The summed E-state index contributed by atoms with van der Waals surface area (Å²) in [6.45, 7) is 8.76. The fourth-order valence-electron chi connectivity index (χ4n) is 2.68. The summed E-state index contributed by atoms with van der Waals surface area (Å²) in [4.78, 5) is 2.55. The summed E-state index contributed by atoms with van der Waals surface area (Å²) in [5.74, 6) is 1.66. The Kier molecular flexibility index (Phi) is 5.53. The number of benzene rings is 1. The highest BCUT2D eigenvalue weighted by atomic mass is 35.5. The van der Waals surface area contributed by atoms with Crippen molar-refractivity contribution in [2.45, 2.75) is 33.1 Å². The molecular weight excluding hydrogens is 258 g/mol. The van der Waals surface area contributed by atoms with E-state index in [4.69, 9.17) is 16.3 Å². The lowest BCUT2D eigenvalue weighted by Gasteiger charge is -2.30. The summed E-state index contributed by atoms with van der Waals surface area (Å²) < 4.78 is 5.78. The van der Waals surface area contributed by atoms with Gasteiger partial charge in [-0.3, -0.25) is 0 Å². The van der Waals surface area contributed by atoms with Crippen molar-refractivity contribution in [1.29, 1.82) is 0 Å². The third-order valence-electron chi connectivity index (χ3n) is 3.70. The second-order valence-corrected chi connectivity index (χ2v) is 6.09. The first kappa shape index (κ1) is 14.7. The summed E-state index contributed by atoms with van der Waals surface area (Å²) in [5.41, 5.74) is 1.18. The zero-order valence-corrected chi connectivity index (χ0v) is 12.7. The average Bonchev–Trinajstić information content (AvgIpc) is 2.39. The predicted molar refractivity (Wildman–Crippen MR) is 81.1 cm³/mol. The molecule has 2 nitrogen and oxygen atoms in total. The molecule has 1 aromatic rings. The van der Waals surface area contributed by atoms with E-state index >= 15 is 0 Å². The zero-order valence-electron chi connectivity index (χ0n) is 12.0. The molecule has 0 bridgehead atoms. The van der Waals surface area contributed by atoms with Crippen LogP contribution in [0, 0.1) is 12.8 Å². The maximum atomic E-state index is 6.11. The van der Waals surface area contributed by atoms with Crippen LogP contribution in [0.15, 0.2) is 18.2 Å². The molecule has 1 atom stereocenters. The van der Waals surface area contributed by atoms with E-state index in [1.54, 1.807) is 0 Å². The van der Waals surface area contributed by atoms with Gasteiger partial charge in [0.2, 0.25) is 0 Å². The Morgan fingerprint density at radius 2 is 2.26 bits per heavy atom. The van der Waals surface area contributed by atoms with Gasteiger partial charge in [-0.05, 0) is 56.3 Å². The Labute approximate surface area is 121 Å². The standard InChI is InChI=1S/C16H24ClNO/c1-13-6-7-15(17)16(11-13)19-10-4-9-18-8-3-5-14(2)12-18/h6-7,11,14H,3-5,8-10,12H2,1-2H3/t14-/m0/s1. The van der Waals surface area contributed by atoms with Crippen molar-refractivity contribution in [2.24, 2.45) is 5.92 Å². The summed E-state index contributed by atoms with van der Waals surface area (Å²) in [6.07, 6.45) is 3.79. The van der Waals surface area contributed by atoms with E-state index in [-0.39, 0.29) is 0 Å². The number of halogens is 1. The maximum absolute atomic E-state index is 6.11. The summed E-state index contributed by atoms with van der Waals surface area (Å²) in [7, 11) is 0. The number of piperidine rings is 1. The first-order chi connectivity index (χ1) is 9.15. The molecule has 1 fully saturated rings. The number of ether oxygens (including phenoxy) is 1. The number of nitrogens with zero attached hydrogens (tertiary/aromatic N) is 1. The lowest BCUT2D eigenvalue weighted by Crippen LogP contribution is -2.35. The van der Waals surface area contributed by atoms with Crippen LogP contribution in [-0.2, 0) is 0 Å². The van der Waals surface area contributed by atoms with E-state index < -0.39 is 0 Å². The molecule has 1 aliphatic heterocycles. The summed E-state index contributed by atoms with van der Waals surface area (Å²) >= 11 is 6.11. The minimum Gasteiger partial charge on any atom is -0.492 e. The van der Waals surface area contributed by atoms with Gasteiger partial charge in [0.1, 0.15) is 5.75 Å². The third kappa shape index (κ3) is 4.70. The lowest BCUT2D eigenvalue weighted by molar-refractivity contribution is 0.170. The van der Waals surface area contributed by atoms with Crippen LogP contribution < -0.4 is 4.74 Å². The van der Waals surface area contributed by atoms with Crippen LogP contribution in [0.5, 0.6) is 5.75 Å². The minimum atomic E-state index is 0.706. The molecule has 0 aliphatic carbocycles. The topological polar surface area (TPSA) is 12.5 Å². The minimum absolute atomic E-state index is 0.706. The normalized spacial score (nSPS) is 20.5. The van der Waals surface area contributed by atoms with Gasteiger partial charge in [-0.15, -0.1) is 0 Å². The lowest BCUT2D eigenvalue weighted by atomic mass is 10.0. The molecule has 0 radical (unpaired) electrons. The van der Waals surface area contributed by atoms with E-state index in [0.29, 0.717) is 5.02 Å². The van der Waals surface area contributed by atoms with Crippen molar-refractivity contribution in [2.75, 3.05) is 26.2 Å². The van der Waals surface area contributed by atoms with Gasteiger partial charge in [-0.2, -0.15) is 0 Å². The number of hydrogen-bond acceptors (Lipinski definition) is 2. The fraction of sp³-hybridized carbons (Fsp3) is 0.625. The van der Waals surface area contributed by atoms with E-state index in [1.807, 2.05) is 18.2 Å². The monoisotopic (exact) mass is 281 g/mol. The van der Waals surface area contributed by atoms with Crippen molar-refractivity contribution in [1.82, 2.24) is 4.90 Å². The second kappa shape index (κ2) is 7.16. The highest BCUT2D eigenvalue weighted by molar-refractivity contribution is 6.32. The number of aryl methyl sites for hydroxylation is 1. The Balaban J connectivity index is 1.70. The van der Waals surface area contributed by atoms with E-state index in [0.717, 1.165) is 31.2 Å². The van der Waals surface area contributed by atoms with E-state index in [2.05, 4.69) is 18.7 Å². The van der Waals surface area contributed by atoms with Gasteiger partial charge in [0.05, 0.1) is 11.6 Å². The fourth-order valence-corrected chi connectivity index (χ4v) is 2.85. The Bertz CT molecular complexity index is 408. The molecule has 3 heteroatoms. The summed E-state index contributed by atoms with van der Waals surface area (Å²) in [5, 5.41) is 0.706. The predicted octanol–water partition coefficient (Wildman–Crippen LogP) is 4.15. The molecular formula is C16H24ClNO. The molecule has 0 unspecified atom stereocenters. The Morgan fingerprint density at radius 3 is 3.05 bits per heavy atom. The third-order valence-corrected chi connectivity index (χ3v) is 4.02. The molecule has 106 valence electrons. The number of likely N-dealkylation sites (tertiary alicyclic amines) is 1.